The van der Waals surface area contributed by atoms with Gasteiger partial charge < -0.3 is 20.5 Å². The largest absolute Gasteiger partial charge is 0.492 e. The number of hydrogen-bond donors (Lipinski definition) is 3. The Morgan fingerprint density at radius 1 is 1.50 bits per heavy atom. The van der Waals surface area contributed by atoms with E-state index in [1.807, 2.05) is 6.92 Å². The van der Waals surface area contributed by atoms with Crippen LogP contribution >= 0.6 is 0 Å². The molecule has 2 amide bonds. The summed E-state index contributed by atoms with van der Waals surface area (Å²) in [6.45, 7) is 4.11. The van der Waals surface area contributed by atoms with Crippen LogP contribution in [-0.4, -0.2) is 30.4 Å². The molecule has 3 N–H and O–H groups in total. The van der Waals surface area contributed by atoms with Gasteiger partial charge in [0, 0.05) is 18.7 Å². The van der Waals surface area contributed by atoms with Gasteiger partial charge >= 0.3 is 6.03 Å². The number of carbonyl (C=O) groups is 1. The van der Waals surface area contributed by atoms with Gasteiger partial charge in [0.05, 0.1) is 12.3 Å². The molecule has 0 spiro atoms. The van der Waals surface area contributed by atoms with Crippen molar-refractivity contribution in [3.05, 3.63) is 24.0 Å². The van der Waals surface area contributed by atoms with Crippen LogP contribution in [0.4, 0.5) is 14.9 Å². The Bertz CT molecular complexity index is 440. The Morgan fingerprint density at radius 2 is 2.25 bits per heavy atom. The molecule has 0 saturated carbocycles. The van der Waals surface area contributed by atoms with Crippen LogP contribution in [0.1, 0.15) is 26.7 Å². The van der Waals surface area contributed by atoms with Gasteiger partial charge in [0.25, 0.3) is 0 Å². The molecule has 20 heavy (non-hydrogen) atoms. The summed E-state index contributed by atoms with van der Waals surface area (Å²) in [7, 11) is 0. The first-order valence-corrected chi connectivity index (χ1v) is 6.67. The maximum atomic E-state index is 13.1. The van der Waals surface area contributed by atoms with Gasteiger partial charge in [-0.3, -0.25) is 0 Å². The first-order chi connectivity index (χ1) is 9.56. The molecular weight excluding hydrogens is 263 g/mol. The van der Waals surface area contributed by atoms with Gasteiger partial charge in [-0.05, 0) is 38.8 Å². The lowest BCUT2D eigenvalue weighted by molar-refractivity contribution is 0.245. The second-order valence-electron chi connectivity index (χ2n) is 4.44. The monoisotopic (exact) mass is 284 g/mol. The van der Waals surface area contributed by atoms with E-state index in [9.17, 15) is 9.18 Å². The number of rotatable bonds is 7. The zero-order valence-electron chi connectivity index (χ0n) is 11.8. The van der Waals surface area contributed by atoms with E-state index in [0.717, 1.165) is 0 Å². The predicted molar refractivity (Wildman–Crippen MR) is 75.5 cm³/mol. The van der Waals surface area contributed by atoms with Gasteiger partial charge in [-0.1, -0.05) is 0 Å². The Labute approximate surface area is 118 Å². The molecular formula is C14H21FN2O3. The fraction of sp³-hybridized carbons (Fsp3) is 0.500. The number of anilines is 1. The van der Waals surface area contributed by atoms with Crippen molar-refractivity contribution in [1.82, 2.24) is 5.32 Å². The minimum Gasteiger partial charge on any atom is -0.492 e. The molecule has 0 aromatic heterocycles. The standard InChI is InChI=1S/C14H21FN2O3/c1-3-20-13-9-11(15)6-7-12(13)17-14(19)16-10(2)5-4-8-18/h6-7,9-10,18H,3-5,8H2,1-2H3,(H2,16,17,19). The number of halogens is 1. The lowest BCUT2D eigenvalue weighted by Gasteiger charge is -2.16. The van der Waals surface area contributed by atoms with Crippen LogP contribution in [0.25, 0.3) is 0 Å². The average Bonchev–Trinajstić information content (AvgIpc) is 2.40. The number of hydrogen-bond acceptors (Lipinski definition) is 3. The molecule has 5 nitrogen and oxygen atoms in total. The Hall–Kier alpha value is -1.82. The Balaban J connectivity index is 2.61. The highest BCUT2D eigenvalue weighted by molar-refractivity contribution is 5.91. The van der Waals surface area contributed by atoms with Crippen molar-refractivity contribution in [2.45, 2.75) is 32.7 Å². The molecule has 0 bridgehead atoms. The zero-order chi connectivity index (χ0) is 15.0. The first-order valence-electron chi connectivity index (χ1n) is 6.67. The van der Waals surface area contributed by atoms with Crippen LogP contribution < -0.4 is 15.4 Å². The van der Waals surface area contributed by atoms with Crippen LogP contribution in [0.3, 0.4) is 0 Å². The number of aliphatic hydroxyl groups excluding tert-OH is 1. The SMILES string of the molecule is CCOc1cc(F)ccc1NC(=O)NC(C)CCCO. The van der Waals surface area contributed by atoms with Gasteiger partial charge in [-0.15, -0.1) is 0 Å². The quantitative estimate of drug-likeness (QED) is 0.720. The lowest BCUT2D eigenvalue weighted by Crippen LogP contribution is -2.36. The van der Waals surface area contributed by atoms with E-state index in [2.05, 4.69) is 10.6 Å². The van der Waals surface area contributed by atoms with Crippen molar-refractivity contribution in [2.75, 3.05) is 18.5 Å². The highest BCUT2D eigenvalue weighted by Crippen LogP contribution is 2.25. The normalized spacial score (nSPS) is 11.8. The molecule has 1 aromatic carbocycles. The maximum absolute atomic E-state index is 13.1. The molecule has 0 radical (unpaired) electrons. The van der Waals surface area contributed by atoms with E-state index in [-0.39, 0.29) is 18.7 Å². The first kappa shape index (κ1) is 16.2. The van der Waals surface area contributed by atoms with Gasteiger partial charge in [-0.25, -0.2) is 9.18 Å². The Morgan fingerprint density at radius 3 is 2.90 bits per heavy atom. The van der Waals surface area contributed by atoms with Crippen LogP contribution in [0, 0.1) is 5.82 Å². The third kappa shape index (κ3) is 5.44. The second-order valence-corrected chi connectivity index (χ2v) is 4.44. The summed E-state index contributed by atoms with van der Waals surface area (Å²) in [6, 6.07) is 3.50. The minimum absolute atomic E-state index is 0.0573. The summed E-state index contributed by atoms with van der Waals surface area (Å²) in [6.07, 6.45) is 1.31. The van der Waals surface area contributed by atoms with Gasteiger partial charge in [0.2, 0.25) is 0 Å². The van der Waals surface area contributed by atoms with Crippen molar-refractivity contribution in [3.63, 3.8) is 0 Å². The van der Waals surface area contributed by atoms with Crippen LogP contribution in [0.5, 0.6) is 5.75 Å². The van der Waals surface area contributed by atoms with Gasteiger partial charge in [-0.2, -0.15) is 0 Å². The zero-order valence-corrected chi connectivity index (χ0v) is 11.8. The van der Waals surface area contributed by atoms with Gasteiger partial charge in [0.1, 0.15) is 11.6 Å². The molecule has 0 aliphatic carbocycles. The second kappa shape index (κ2) is 8.37. The summed E-state index contributed by atoms with van der Waals surface area (Å²) >= 11 is 0. The molecule has 1 rings (SSSR count). The van der Waals surface area contributed by atoms with Crippen LogP contribution in [0.15, 0.2) is 18.2 Å². The van der Waals surface area contributed by atoms with E-state index in [4.69, 9.17) is 9.84 Å². The molecule has 112 valence electrons. The van der Waals surface area contributed by atoms with Crippen LogP contribution in [0.2, 0.25) is 0 Å². The number of carbonyl (C=O) groups excluding carboxylic acids is 1. The van der Waals surface area contributed by atoms with E-state index in [1.54, 1.807) is 6.92 Å². The third-order valence-electron chi connectivity index (χ3n) is 2.66. The van der Waals surface area contributed by atoms with Crippen molar-refractivity contribution in [2.24, 2.45) is 0 Å². The molecule has 0 fully saturated rings. The summed E-state index contributed by atoms with van der Waals surface area (Å²) < 4.78 is 18.4. The third-order valence-corrected chi connectivity index (χ3v) is 2.66. The van der Waals surface area contributed by atoms with Crippen molar-refractivity contribution in [1.29, 1.82) is 0 Å². The molecule has 0 saturated heterocycles. The van der Waals surface area contributed by atoms with E-state index < -0.39 is 5.82 Å². The minimum atomic E-state index is -0.421. The molecule has 1 atom stereocenters. The highest BCUT2D eigenvalue weighted by atomic mass is 19.1. The summed E-state index contributed by atoms with van der Waals surface area (Å²) in [5.74, 6) is -0.124. The molecule has 0 aliphatic rings. The number of amides is 2. The van der Waals surface area contributed by atoms with Crippen molar-refractivity contribution in [3.8, 4) is 5.75 Å². The molecule has 0 heterocycles. The average molecular weight is 284 g/mol. The number of nitrogens with one attached hydrogen (secondary N) is 2. The lowest BCUT2D eigenvalue weighted by atomic mass is 10.2. The predicted octanol–water partition coefficient (Wildman–Crippen LogP) is 2.51. The van der Waals surface area contributed by atoms with Crippen molar-refractivity contribution < 1.29 is 19.0 Å². The highest BCUT2D eigenvalue weighted by Gasteiger charge is 2.11. The maximum Gasteiger partial charge on any atom is 0.319 e. The molecule has 0 aliphatic heterocycles. The summed E-state index contributed by atoms with van der Waals surface area (Å²) in [5, 5.41) is 14.1. The molecule has 6 heteroatoms. The number of benzene rings is 1. The summed E-state index contributed by atoms with van der Waals surface area (Å²) in [5.41, 5.74) is 0.417. The topological polar surface area (TPSA) is 70.6 Å². The number of urea groups is 1. The van der Waals surface area contributed by atoms with E-state index >= 15 is 0 Å². The Kier molecular flexibility index (Phi) is 6.79. The molecule has 1 aromatic rings. The summed E-state index contributed by atoms with van der Waals surface area (Å²) in [4.78, 5) is 11.8. The van der Waals surface area contributed by atoms with Crippen molar-refractivity contribution >= 4 is 11.7 Å². The fourth-order valence-corrected chi connectivity index (χ4v) is 1.73. The number of aliphatic hydroxyl groups is 1. The fourth-order valence-electron chi connectivity index (χ4n) is 1.73. The van der Waals surface area contributed by atoms with Crippen LogP contribution in [-0.2, 0) is 0 Å². The van der Waals surface area contributed by atoms with Gasteiger partial charge in [0.15, 0.2) is 0 Å². The van der Waals surface area contributed by atoms with E-state index in [0.29, 0.717) is 30.9 Å². The number of ether oxygens (including phenoxy) is 1. The smallest absolute Gasteiger partial charge is 0.319 e. The van der Waals surface area contributed by atoms with E-state index in [1.165, 1.54) is 18.2 Å². The molecule has 1 unspecified atom stereocenters.